The number of carbonyl (C=O) groups excluding carboxylic acids is 1. The van der Waals surface area contributed by atoms with Crippen LogP contribution in [-0.4, -0.2) is 38.7 Å². The van der Waals surface area contributed by atoms with Crippen molar-refractivity contribution in [3.63, 3.8) is 0 Å². The van der Waals surface area contributed by atoms with E-state index < -0.39 is 0 Å². The molecule has 1 N–H and O–H groups in total. The molecule has 0 saturated carbocycles. The van der Waals surface area contributed by atoms with Crippen molar-refractivity contribution < 1.29 is 13.9 Å². The molecule has 0 aliphatic heterocycles. The fraction of sp³-hybridized carbons (Fsp3) is 0.115. The lowest BCUT2D eigenvalue weighted by molar-refractivity contribution is -0.113. The van der Waals surface area contributed by atoms with Crippen molar-refractivity contribution in [2.45, 2.75) is 11.8 Å². The molecular formula is C26H21N5O4S. The first kappa shape index (κ1) is 23.3. The minimum atomic E-state index is -0.229. The first-order valence-electron chi connectivity index (χ1n) is 11.0. The number of methoxy groups -OCH3 is 1. The monoisotopic (exact) mass is 499 g/mol. The van der Waals surface area contributed by atoms with Gasteiger partial charge in [-0.05, 0) is 23.8 Å². The van der Waals surface area contributed by atoms with Crippen molar-refractivity contribution in [3.05, 3.63) is 94.8 Å². The number of hydrogen-bond donors (Lipinski definition) is 1. The number of carbonyl (C=O) groups is 1. The summed E-state index contributed by atoms with van der Waals surface area (Å²) in [4.78, 5) is 25.4. The van der Waals surface area contributed by atoms with Gasteiger partial charge in [0.15, 0.2) is 5.69 Å². The highest BCUT2D eigenvalue weighted by molar-refractivity contribution is 7.99. The molecule has 10 heteroatoms. The second-order valence-corrected chi connectivity index (χ2v) is 8.71. The van der Waals surface area contributed by atoms with Crippen LogP contribution in [0.4, 0.5) is 5.69 Å². The molecule has 1 amide bonds. The van der Waals surface area contributed by atoms with Crippen molar-refractivity contribution in [2.24, 2.45) is 0 Å². The summed E-state index contributed by atoms with van der Waals surface area (Å²) in [5, 5.41) is 16.9. The van der Waals surface area contributed by atoms with Gasteiger partial charge in [0.05, 0.1) is 24.8 Å². The van der Waals surface area contributed by atoms with Gasteiger partial charge in [-0.15, -0.1) is 10.2 Å². The van der Waals surface area contributed by atoms with Crippen LogP contribution in [0.2, 0.25) is 0 Å². The minimum absolute atomic E-state index is 0.0700. The lowest BCUT2D eigenvalue weighted by Crippen LogP contribution is -2.24. The van der Waals surface area contributed by atoms with Crippen LogP contribution in [-0.2, 0) is 11.3 Å². The minimum Gasteiger partial charge on any atom is -0.497 e. The van der Waals surface area contributed by atoms with Crippen molar-refractivity contribution in [1.29, 1.82) is 0 Å². The number of nitrogens with zero attached hydrogens (tertiary/aromatic N) is 4. The van der Waals surface area contributed by atoms with Crippen LogP contribution < -0.4 is 15.6 Å². The molecule has 3 aromatic carbocycles. The van der Waals surface area contributed by atoms with Crippen molar-refractivity contribution in [2.75, 3.05) is 18.2 Å². The summed E-state index contributed by atoms with van der Waals surface area (Å²) in [6.07, 6.45) is 0. The summed E-state index contributed by atoms with van der Waals surface area (Å²) in [6, 6.07) is 23.9. The number of thioether (sulfide) groups is 1. The Morgan fingerprint density at radius 1 is 1.00 bits per heavy atom. The fourth-order valence-corrected chi connectivity index (χ4v) is 4.21. The van der Waals surface area contributed by atoms with Crippen LogP contribution in [0, 0.1) is 0 Å². The second-order valence-electron chi connectivity index (χ2n) is 7.78. The van der Waals surface area contributed by atoms with E-state index in [1.54, 1.807) is 49.6 Å². The zero-order valence-electron chi connectivity index (χ0n) is 19.2. The molecule has 2 aromatic heterocycles. The van der Waals surface area contributed by atoms with Crippen molar-refractivity contribution >= 4 is 34.1 Å². The van der Waals surface area contributed by atoms with Gasteiger partial charge in [-0.25, -0.2) is 4.68 Å². The van der Waals surface area contributed by atoms with Crippen molar-refractivity contribution in [1.82, 2.24) is 20.0 Å². The fourth-order valence-electron chi connectivity index (χ4n) is 3.65. The molecule has 0 radical (unpaired) electrons. The van der Waals surface area contributed by atoms with E-state index in [0.717, 1.165) is 17.3 Å². The van der Waals surface area contributed by atoms with Crippen LogP contribution >= 0.6 is 11.8 Å². The molecule has 5 aromatic rings. The highest BCUT2D eigenvalue weighted by atomic mass is 32.2. The Bertz CT molecular complexity index is 1580. The number of rotatable bonds is 8. The molecular weight excluding hydrogens is 478 g/mol. The van der Waals surface area contributed by atoms with Gasteiger partial charge >= 0.3 is 0 Å². The Morgan fingerprint density at radius 3 is 2.58 bits per heavy atom. The maximum atomic E-state index is 13.1. The van der Waals surface area contributed by atoms with E-state index in [2.05, 4.69) is 20.6 Å². The largest absolute Gasteiger partial charge is 0.497 e. The Morgan fingerprint density at radius 2 is 1.78 bits per heavy atom. The highest BCUT2D eigenvalue weighted by Crippen LogP contribution is 2.27. The van der Waals surface area contributed by atoms with Crippen LogP contribution in [0.3, 0.4) is 0 Å². The summed E-state index contributed by atoms with van der Waals surface area (Å²) < 4.78 is 12.4. The predicted octanol–water partition coefficient (Wildman–Crippen LogP) is 4.23. The Balaban J connectivity index is 1.37. The van der Waals surface area contributed by atoms with E-state index in [9.17, 15) is 9.59 Å². The van der Waals surface area contributed by atoms with E-state index in [0.29, 0.717) is 34.4 Å². The molecule has 9 nitrogen and oxygen atoms in total. The van der Waals surface area contributed by atoms with Gasteiger partial charge in [-0.2, -0.15) is 5.10 Å². The van der Waals surface area contributed by atoms with Crippen LogP contribution in [0.15, 0.2) is 93.3 Å². The molecule has 180 valence electrons. The van der Waals surface area contributed by atoms with Gasteiger partial charge in [0.1, 0.15) is 5.75 Å². The molecule has 0 unspecified atom stereocenters. The Hall–Kier alpha value is -4.44. The molecule has 0 spiro atoms. The maximum Gasteiger partial charge on any atom is 0.277 e. The molecule has 5 rings (SSSR count). The number of benzene rings is 3. The zero-order valence-corrected chi connectivity index (χ0v) is 20.1. The van der Waals surface area contributed by atoms with Gasteiger partial charge in [-0.3, -0.25) is 9.59 Å². The summed E-state index contributed by atoms with van der Waals surface area (Å²) in [6.45, 7) is 0.303. The number of fused-ring (bicyclic) bond motifs is 1. The van der Waals surface area contributed by atoms with Gasteiger partial charge in [0.2, 0.25) is 5.91 Å². The number of ether oxygens (including phenoxy) is 1. The molecule has 0 saturated heterocycles. The zero-order chi connectivity index (χ0) is 24.9. The van der Waals surface area contributed by atoms with E-state index in [1.807, 2.05) is 36.4 Å². The summed E-state index contributed by atoms with van der Waals surface area (Å²) >= 11 is 1.11. The average Bonchev–Trinajstić information content (AvgIpc) is 3.39. The van der Waals surface area contributed by atoms with Gasteiger partial charge in [0.25, 0.3) is 16.7 Å². The van der Waals surface area contributed by atoms with E-state index in [1.165, 1.54) is 4.68 Å². The maximum absolute atomic E-state index is 13.1. The number of hydrogen-bond acceptors (Lipinski definition) is 8. The SMILES string of the molecule is COc1cccc(NC(=O)CSc2nnc(-c3nn(Cc4ccccc4)c(=O)c4ccccc34)o2)c1. The number of amides is 1. The standard InChI is InChI=1S/C26H21N5O4S/c1-34-19-11-7-10-18(14-19)27-22(32)16-36-26-29-28-24(35-26)23-20-12-5-6-13-21(20)25(33)31(30-23)15-17-8-3-2-4-9-17/h2-14H,15-16H2,1H3,(H,27,32). The van der Waals surface area contributed by atoms with Crippen LogP contribution in [0.25, 0.3) is 22.4 Å². The first-order chi connectivity index (χ1) is 17.6. The third kappa shape index (κ3) is 5.13. The van der Waals surface area contributed by atoms with Gasteiger partial charge in [0, 0.05) is 17.1 Å². The lowest BCUT2D eigenvalue weighted by Gasteiger charge is -2.09. The quantitative estimate of drug-likeness (QED) is 0.316. The highest BCUT2D eigenvalue weighted by Gasteiger charge is 2.18. The normalized spacial score (nSPS) is 10.9. The van der Waals surface area contributed by atoms with E-state index in [-0.39, 0.29) is 28.3 Å². The molecule has 0 atom stereocenters. The summed E-state index contributed by atoms with van der Waals surface area (Å²) in [7, 11) is 1.57. The lowest BCUT2D eigenvalue weighted by atomic mass is 10.1. The van der Waals surface area contributed by atoms with Gasteiger partial charge in [-0.1, -0.05) is 66.4 Å². The predicted molar refractivity (Wildman–Crippen MR) is 137 cm³/mol. The molecule has 0 fully saturated rings. The third-order valence-corrected chi connectivity index (χ3v) is 6.15. The summed E-state index contributed by atoms with van der Waals surface area (Å²) in [5.41, 5.74) is 1.77. The van der Waals surface area contributed by atoms with E-state index >= 15 is 0 Å². The van der Waals surface area contributed by atoms with E-state index in [4.69, 9.17) is 9.15 Å². The molecule has 36 heavy (non-hydrogen) atoms. The number of anilines is 1. The summed E-state index contributed by atoms with van der Waals surface area (Å²) in [5.74, 6) is 0.660. The second kappa shape index (κ2) is 10.4. The van der Waals surface area contributed by atoms with Crippen molar-refractivity contribution in [3.8, 4) is 17.3 Å². The van der Waals surface area contributed by atoms with Crippen LogP contribution in [0.1, 0.15) is 5.56 Å². The molecule has 0 aliphatic rings. The first-order valence-corrected chi connectivity index (χ1v) is 12.0. The smallest absolute Gasteiger partial charge is 0.277 e. The molecule has 0 bridgehead atoms. The average molecular weight is 500 g/mol. The number of aromatic nitrogens is 4. The van der Waals surface area contributed by atoms with Gasteiger partial charge < -0.3 is 14.5 Å². The Kier molecular flexibility index (Phi) is 6.76. The Labute approximate surface area is 210 Å². The third-order valence-electron chi connectivity index (χ3n) is 5.33. The molecule has 2 heterocycles. The molecule has 0 aliphatic carbocycles. The number of nitrogens with one attached hydrogen (secondary N) is 1. The topological polar surface area (TPSA) is 112 Å². The van der Waals surface area contributed by atoms with Crippen LogP contribution in [0.5, 0.6) is 5.75 Å².